The quantitative estimate of drug-likeness (QED) is 0.867. The van der Waals surface area contributed by atoms with Gasteiger partial charge in [-0.25, -0.2) is 4.39 Å². The molecule has 148 valence electrons. The van der Waals surface area contributed by atoms with E-state index in [4.69, 9.17) is 0 Å². The lowest BCUT2D eigenvalue weighted by molar-refractivity contribution is -0.131. The summed E-state index contributed by atoms with van der Waals surface area (Å²) in [5.74, 6) is -0.557. The molecule has 1 N–H and O–H groups in total. The van der Waals surface area contributed by atoms with Gasteiger partial charge in [0.1, 0.15) is 17.1 Å². The number of benzene rings is 1. The Labute approximate surface area is 160 Å². The van der Waals surface area contributed by atoms with Gasteiger partial charge in [-0.15, -0.1) is 0 Å². The zero-order chi connectivity index (χ0) is 19.9. The summed E-state index contributed by atoms with van der Waals surface area (Å²) in [5, 5.41) is 3.42. The normalized spacial score (nSPS) is 24.5. The molecule has 1 aromatic heterocycles. The van der Waals surface area contributed by atoms with E-state index in [0.29, 0.717) is 17.8 Å². The Bertz CT molecular complexity index is 908. The second-order valence-electron chi connectivity index (χ2n) is 7.28. The van der Waals surface area contributed by atoms with Crippen LogP contribution >= 0.6 is 0 Å². The van der Waals surface area contributed by atoms with Crippen molar-refractivity contribution in [1.29, 1.82) is 0 Å². The van der Waals surface area contributed by atoms with E-state index >= 15 is 0 Å². The maximum absolute atomic E-state index is 14.3. The predicted molar refractivity (Wildman–Crippen MR) is 96.4 cm³/mol. The van der Waals surface area contributed by atoms with E-state index in [2.05, 4.69) is 15.0 Å². The molecule has 1 spiro atoms. The lowest BCUT2D eigenvalue weighted by atomic mass is 9.96. The van der Waals surface area contributed by atoms with Gasteiger partial charge in [-0.2, -0.15) is 8.78 Å². The molecule has 8 heteroatoms. The van der Waals surface area contributed by atoms with Crippen LogP contribution in [-0.2, 0) is 4.79 Å². The number of halogens is 3. The molecule has 3 heterocycles. The van der Waals surface area contributed by atoms with Crippen molar-refractivity contribution in [3.63, 3.8) is 0 Å². The first-order valence-electron chi connectivity index (χ1n) is 9.12. The first-order chi connectivity index (χ1) is 13.4. The molecule has 0 aliphatic carbocycles. The number of ether oxygens (including phenoxy) is 1. The molecule has 2 aliphatic rings. The third-order valence-corrected chi connectivity index (χ3v) is 5.55. The van der Waals surface area contributed by atoms with Crippen LogP contribution in [0.25, 0.3) is 11.1 Å². The van der Waals surface area contributed by atoms with Crippen LogP contribution in [0.1, 0.15) is 31.0 Å². The van der Waals surface area contributed by atoms with Gasteiger partial charge >= 0.3 is 6.61 Å². The van der Waals surface area contributed by atoms with Crippen LogP contribution in [-0.4, -0.2) is 41.5 Å². The van der Waals surface area contributed by atoms with Gasteiger partial charge in [-0.3, -0.25) is 15.1 Å². The monoisotopic (exact) mass is 391 g/mol. The zero-order valence-corrected chi connectivity index (χ0v) is 15.3. The van der Waals surface area contributed by atoms with Crippen molar-refractivity contribution < 1.29 is 22.7 Å². The molecular formula is C20H20F3N3O2. The highest BCUT2D eigenvalue weighted by Crippen LogP contribution is 2.39. The summed E-state index contributed by atoms with van der Waals surface area (Å²) in [6.45, 7) is -2.26. The van der Waals surface area contributed by atoms with Crippen molar-refractivity contribution in [2.75, 3.05) is 13.6 Å². The number of likely N-dealkylation sites (tertiary alicyclic amines) is 1. The Morgan fingerprint density at radius 1 is 1.29 bits per heavy atom. The average Bonchev–Trinajstić information content (AvgIpc) is 3.23. The SMILES string of the molecule is CN1CC[C@@]2(CC[C@H](c3cc(-c4cc(OC(F)F)ccc4F)ccn3)N2)C1=O. The molecule has 28 heavy (non-hydrogen) atoms. The number of carbonyl (C=O) groups is 1. The van der Waals surface area contributed by atoms with Crippen LogP contribution in [0.15, 0.2) is 36.5 Å². The van der Waals surface area contributed by atoms with Gasteiger partial charge in [0.25, 0.3) is 0 Å². The second-order valence-corrected chi connectivity index (χ2v) is 7.28. The van der Waals surface area contributed by atoms with Gasteiger partial charge in [0.15, 0.2) is 0 Å². The Kier molecular flexibility index (Phi) is 4.74. The highest BCUT2D eigenvalue weighted by molar-refractivity contribution is 5.88. The fraction of sp³-hybridized carbons (Fsp3) is 0.400. The molecule has 0 bridgehead atoms. The summed E-state index contributed by atoms with van der Waals surface area (Å²) in [6.07, 6.45) is 3.77. The number of rotatable bonds is 4. The van der Waals surface area contributed by atoms with Gasteiger partial charge < -0.3 is 9.64 Å². The van der Waals surface area contributed by atoms with Crippen LogP contribution in [0.4, 0.5) is 13.2 Å². The van der Waals surface area contributed by atoms with E-state index in [9.17, 15) is 18.0 Å². The molecule has 2 saturated heterocycles. The molecule has 2 aliphatic heterocycles. The largest absolute Gasteiger partial charge is 0.435 e. The first-order valence-corrected chi connectivity index (χ1v) is 9.12. The van der Waals surface area contributed by atoms with Crippen LogP contribution < -0.4 is 10.1 Å². The summed E-state index contributed by atoms with van der Waals surface area (Å²) < 4.78 is 43.6. The number of likely N-dealkylation sites (N-methyl/N-ethyl adjacent to an activating group) is 1. The average molecular weight is 391 g/mol. The van der Waals surface area contributed by atoms with Gasteiger partial charge in [0.2, 0.25) is 5.91 Å². The standard InChI is InChI=1S/C20H20F3N3O2/c1-26-9-7-20(18(26)27)6-4-16(25-20)17-10-12(5-8-24-17)14-11-13(28-19(22)23)2-3-15(14)21/h2-3,5,8,10-11,16,19,25H,4,6-7,9H2,1H3/t16-,20+/m1/s1. The van der Waals surface area contributed by atoms with E-state index < -0.39 is 18.0 Å². The topological polar surface area (TPSA) is 54.5 Å². The minimum absolute atomic E-state index is 0.0917. The number of hydrogen-bond donors (Lipinski definition) is 1. The fourth-order valence-corrected chi connectivity index (χ4v) is 4.10. The lowest BCUT2D eigenvalue weighted by Gasteiger charge is -2.23. The number of amides is 1. The molecular weight excluding hydrogens is 371 g/mol. The number of alkyl halides is 2. The molecule has 1 amide bonds. The second kappa shape index (κ2) is 7.09. The third kappa shape index (κ3) is 3.32. The van der Waals surface area contributed by atoms with Crippen molar-refractivity contribution >= 4 is 5.91 Å². The van der Waals surface area contributed by atoms with Gasteiger partial charge in [0.05, 0.1) is 11.7 Å². The lowest BCUT2D eigenvalue weighted by Crippen LogP contribution is -2.47. The van der Waals surface area contributed by atoms with Gasteiger partial charge in [-0.05, 0) is 55.2 Å². The molecule has 1 aromatic carbocycles. The molecule has 0 saturated carbocycles. The summed E-state index contributed by atoms with van der Waals surface area (Å²) in [5.41, 5.74) is 0.815. The van der Waals surface area contributed by atoms with E-state index in [1.807, 2.05) is 0 Å². The van der Waals surface area contributed by atoms with Crippen LogP contribution in [0.5, 0.6) is 5.75 Å². The maximum Gasteiger partial charge on any atom is 0.387 e. The molecule has 2 fully saturated rings. The Hall–Kier alpha value is -2.61. The first kappa shape index (κ1) is 18.7. The van der Waals surface area contributed by atoms with Crippen LogP contribution in [0.3, 0.4) is 0 Å². The minimum Gasteiger partial charge on any atom is -0.435 e. The Morgan fingerprint density at radius 3 is 2.82 bits per heavy atom. The zero-order valence-electron chi connectivity index (χ0n) is 15.3. The summed E-state index contributed by atoms with van der Waals surface area (Å²) in [6, 6.07) is 6.73. The van der Waals surface area contributed by atoms with E-state index in [1.165, 1.54) is 6.07 Å². The molecule has 4 rings (SSSR count). The summed E-state index contributed by atoms with van der Waals surface area (Å²) >= 11 is 0. The van der Waals surface area contributed by atoms with Crippen LogP contribution in [0.2, 0.25) is 0 Å². The van der Waals surface area contributed by atoms with Crippen molar-refractivity contribution in [1.82, 2.24) is 15.2 Å². The molecule has 2 aromatic rings. The van der Waals surface area contributed by atoms with E-state index in [0.717, 1.165) is 31.4 Å². The smallest absolute Gasteiger partial charge is 0.387 e. The number of aromatic nitrogens is 1. The predicted octanol–water partition coefficient (Wildman–Crippen LogP) is 3.51. The number of nitrogens with zero attached hydrogens (tertiary/aromatic N) is 2. The molecule has 2 atom stereocenters. The third-order valence-electron chi connectivity index (χ3n) is 5.55. The van der Waals surface area contributed by atoms with E-state index in [1.54, 1.807) is 30.3 Å². The number of pyridine rings is 1. The highest BCUT2D eigenvalue weighted by Gasteiger charge is 2.50. The Balaban J connectivity index is 1.60. The number of hydrogen-bond acceptors (Lipinski definition) is 4. The van der Waals surface area contributed by atoms with Gasteiger partial charge in [0, 0.05) is 25.4 Å². The molecule has 0 unspecified atom stereocenters. The van der Waals surface area contributed by atoms with Crippen molar-refractivity contribution in [2.45, 2.75) is 37.5 Å². The van der Waals surface area contributed by atoms with Crippen molar-refractivity contribution in [2.24, 2.45) is 0 Å². The molecule has 0 radical (unpaired) electrons. The fourth-order valence-electron chi connectivity index (χ4n) is 4.10. The highest BCUT2D eigenvalue weighted by atomic mass is 19.3. The van der Waals surface area contributed by atoms with Gasteiger partial charge in [-0.1, -0.05) is 0 Å². The van der Waals surface area contributed by atoms with Crippen molar-refractivity contribution in [3.05, 3.63) is 48.0 Å². The molecule has 5 nitrogen and oxygen atoms in total. The maximum atomic E-state index is 14.3. The number of nitrogens with one attached hydrogen (secondary N) is 1. The van der Waals surface area contributed by atoms with Crippen LogP contribution in [0, 0.1) is 5.82 Å². The van der Waals surface area contributed by atoms with Crippen molar-refractivity contribution in [3.8, 4) is 16.9 Å². The minimum atomic E-state index is -2.98. The summed E-state index contributed by atoms with van der Waals surface area (Å²) in [7, 11) is 1.79. The number of carbonyl (C=O) groups excluding carboxylic acids is 1. The Morgan fingerprint density at radius 2 is 2.11 bits per heavy atom. The summed E-state index contributed by atoms with van der Waals surface area (Å²) in [4.78, 5) is 18.6. The van der Waals surface area contributed by atoms with E-state index in [-0.39, 0.29) is 23.3 Å².